The molecule has 174 valence electrons. The van der Waals surface area contributed by atoms with Crippen molar-refractivity contribution in [3.63, 3.8) is 0 Å². The number of rotatable bonds is 8. The molecule has 7 nitrogen and oxygen atoms in total. The van der Waals surface area contributed by atoms with Crippen LogP contribution in [0.4, 0.5) is 34.3 Å². The van der Waals surface area contributed by atoms with Gasteiger partial charge in [0.15, 0.2) is 5.16 Å². The number of ketones is 1. The van der Waals surface area contributed by atoms with Gasteiger partial charge in [0.05, 0.1) is 6.54 Å². The number of Topliss-reactive ketones (excluding diaryl/α,β-unsaturated/α-hetero) is 1. The van der Waals surface area contributed by atoms with Crippen molar-refractivity contribution >= 4 is 45.6 Å². The van der Waals surface area contributed by atoms with E-state index in [4.69, 9.17) is 0 Å². The maximum Gasteiger partial charge on any atom is 0.395 e. The molecule has 2 aromatic heterocycles. The largest absolute Gasteiger partial charge is 0.395 e. The molecular weight excluding hydrogens is 480 g/mol. The molecule has 33 heavy (non-hydrogen) atoms. The Bertz CT molecular complexity index is 1090. The van der Waals surface area contributed by atoms with E-state index in [1.165, 1.54) is 23.1 Å². The van der Waals surface area contributed by atoms with E-state index in [1.807, 2.05) is 4.90 Å². The van der Waals surface area contributed by atoms with Crippen LogP contribution in [0.3, 0.4) is 0 Å². The molecule has 0 bridgehead atoms. The van der Waals surface area contributed by atoms with Crippen molar-refractivity contribution in [1.29, 1.82) is 0 Å². The molecule has 3 aromatic rings. The number of nitrogens with zero attached hydrogens (tertiary/aromatic N) is 5. The summed E-state index contributed by atoms with van der Waals surface area (Å²) in [6.07, 6.45) is -6.72. The number of aromatic nitrogens is 4. The average molecular weight is 499 g/mol. The second kappa shape index (κ2) is 10.00. The smallest absolute Gasteiger partial charge is 0.353 e. The van der Waals surface area contributed by atoms with Crippen molar-refractivity contribution in [3.05, 3.63) is 41.4 Å². The molecule has 1 aromatic carbocycles. The summed E-state index contributed by atoms with van der Waals surface area (Å²) >= 11 is 2.55. The van der Waals surface area contributed by atoms with E-state index in [0.29, 0.717) is 40.5 Å². The van der Waals surface area contributed by atoms with Crippen LogP contribution in [0.25, 0.3) is 0 Å². The number of nitrogens with one attached hydrogen (secondary N) is 1. The van der Waals surface area contributed by atoms with Crippen LogP contribution in [0.5, 0.6) is 0 Å². The topological polar surface area (TPSA) is 83.9 Å². The van der Waals surface area contributed by atoms with Crippen molar-refractivity contribution in [2.45, 2.75) is 41.7 Å². The Labute approximate surface area is 194 Å². The Morgan fingerprint density at radius 2 is 2.03 bits per heavy atom. The second-order valence-corrected chi connectivity index (χ2v) is 9.22. The van der Waals surface area contributed by atoms with Gasteiger partial charge in [0.2, 0.25) is 5.13 Å². The third-order valence-electron chi connectivity index (χ3n) is 4.67. The lowest BCUT2D eigenvalue weighted by molar-refractivity contribution is -0.151. The highest BCUT2D eigenvalue weighted by atomic mass is 32.2. The molecule has 1 N–H and O–H groups in total. The zero-order valence-electron chi connectivity index (χ0n) is 17.0. The fourth-order valence-corrected chi connectivity index (χ4v) is 4.46. The lowest BCUT2D eigenvalue weighted by Crippen LogP contribution is -2.21. The number of carbonyl (C=O) groups is 1. The summed E-state index contributed by atoms with van der Waals surface area (Å²) in [4.78, 5) is 23.2. The molecule has 1 fully saturated rings. The van der Waals surface area contributed by atoms with Crippen LogP contribution in [0.1, 0.15) is 18.4 Å². The first-order chi connectivity index (χ1) is 15.7. The molecule has 0 unspecified atom stereocenters. The molecule has 0 aliphatic carbocycles. The fourth-order valence-electron chi connectivity index (χ4n) is 3.24. The van der Waals surface area contributed by atoms with Gasteiger partial charge in [-0.15, -0.1) is 10.2 Å². The van der Waals surface area contributed by atoms with Crippen molar-refractivity contribution in [3.8, 4) is 0 Å². The molecule has 1 atom stereocenters. The van der Waals surface area contributed by atoms with Crippen molar-refractivity contribution in [2.24, 2.45) is 0 Å². The van der Waals surface area contributed by atoms with Crippen LogP contribution in [0, 0.1) is 0 Å². The van der Waals surface area contributed by atoms with Crippen molar-refractivity contribution < 1.29 is 22.4 Å². The summed E-state index contributed by atoms with van der Waals surface area (Å²) in [5.41, 5.74) is 2.07. The zero-order valence-corrected chi connectivity index (χ0v) is 18.7. The minimum atomic E-state index is -4.51. The number of alkyl halides is 4. The lowest BCUT2D eigenvalue weighted by Gasteiger charge is -2.18. The Hall–Kier alpha value is -2.80. The van der Waals surface area contributed by atoms with Gasteiger partial charge in [0, 0.05) is 23.9 Å². The highest BCUT2D eigenvalue weighted by Gasteiger charge is 2.30. The van der Waals surface area contributed by atoms with Gasteiger partial charge in [-0.3, -0.25) is 4.79 Å². The van der Waals surface area contributed by atoms with Gasteiger partial charge in [-0.1, -0.05) is 23.5 Å². The normalized spacial score (nSPS) is 16.2. The molecule has 1 aliphatic heterocycles. The first-order valence-electron chi connectivity index (χ1n) is 9.90. The molecular formula is C20H18F4N6OS2. The number of anilines is 3. The SMILES string of the molecule is O=C(Cc1ccc(Sc2nc(Nc3nncs3)cc(N3CC[C@H](F)C3)n2)cc1)CC(F)(F)F. The number of halogens is 4. The van der Waals surface area contributed by atoms with E-state index in [1.54, 1.807) is 35.8 Å². The standard InChI is InChI=1S/C20H18F4N6OS2/c21-13-5-6-30(10-13)17-8-16(27-19-29-25-11-32-19)26-18(28-17)33-15-3-1-12(2-4-15)7-14(31)9-20(22,23)24/h1-4,8,11,13H,5-7,9-10H2,(H,26,27,28,29)/t13-/m0/s1. The van der Waals surface area contributed by atoms with Crippen molar-refractivity contribution in [1.82, 2.24) is 20.2 Å². The van der Waals surface area contributed by atoms with Gasteiger partial charge in [0.1, 0.15) is 35.5 Å². The van der Waals surface area contributed by atoms with Crippen LogP contribution in [-0.2, 0) is 11.2 Å². The van der Waals surface area contributed by atoms with Crippen LogP contribution < -0.4 is 10.2 Å². The first kappa shape index (κ1) is 23.4. The highest BCUT2D eigenvalue weighted by molar-refractivity contribution is 7.99. The molecule has 3 heterocycles. The maximum atomic E-state index is 13.7. The third-order valence-corrected chi connectivity index (χ3v) is 6.15. The fraction of sp³-hybridized carbons (Fsp3) is 0.350. The minimum Gasteiger partial charge on any atom is -0.353 e. The number of hydrogen-bond acceptors (Lipinski definition) is 9. The van der Waals surface area contributed by atoms with Gasteiger partial charge in [-0.2, -0.15) is 13.2 Å². The second-order valence-electron chi connectivity index (χ2n) is 7.35. The summed E-state index contributed by atoms with van der Waals surface area (Å²) in [7, 11) is 0. The summed E-state index contributed by atoms with van der Waals surface area (Å²) in [5.74, 6) is 0.174. The Morgan fingerprint density at radius 3 is 2.67 bits per heavy atom. The Kier molecular flexibility index (Phi) is 7.08. The van der Waals surface area contributed by atoms with E-state index in [9.17, 15) is 22.4 Å². The van der Waals surface area contributed by atoms with E-state index in [0.717, 1.165) is 4.90 Å². The molecule has 0 spiro atoms. The van der Waals surface area contributed by atoms with Gasteiger partial charge in [0.25, 0.3) is 0 Å². The third kappa shape index (κ3) is 6.84. The maximum absolute atomic E-state index is 13.7. The summed E-state index contributed by atoms with van der Waals surface area (Å²) in [5, 5.41) is 11.7. The summed E-state index contributed by atoms with van der Waals surface area (Å²) < 4.78 is 50.8. The Morgan fingerprint density at radius 1 is 1.24 bits per heavy atom. The number of carbonyl (C=O) groups excluding carboxylic acids is 1. The predicted octanol–water partition coefficient (Wildman–Crippen LogP) is 4.84. The number of hydrogen-bond donors (Lipinski definition) is 1. The summed E-state index contributed by atoms with van der Waals surface area (Å²) in [6.45, 7) is 0.793. The highest BCUT2D eigenvalue weighted by Crippen LogP contribution is 2.31. The molecule has 0 saturated carbocycles. The van der Waals surface area contributed by atoms with E-state index in [2.05, 4.69) is 25.5 Å². The van der Waals surface area contributed by atoms with Crippen molar-refractivity contribution in [2.75, 3.05) is 23.3 Å². The van der Waals surface area contributed by atoms with Crippen LogP contribution in [0.2, 0.25) is 0 Å². The minimum absolute atomic E-state index is 0.250. The van der Waals surface area contributed by atoms with E-state index >= 15 is 0 Å². The van der Waals surface area contributed by atoms with E-state index < -0.39 is 24.6 Å². The van der Waals surface area contributed by atoms with Gasteiger partial charge in [-0.05, 0) is 35.9 Å². The molecule has 1 saturated heterocycles. The summed E-state index contributed by atoms with van der Waals surface area (Å²) in [6, 6.07) is 8.33. The lowest BCUT2D eigenvalue weighted by atomic mass is 10.1. The van der Waals surface area contributed by atoms with Crippen LogP contribution in [0.15, 0.2) is 45.9 Å². The van der Waals surface area contributed by atoms with Gasteiger partial charge in [-0.25, -0.2) is 14.4 Å². The zero-order chi connectivity index (χ0) is 23.4. The van der Waals surface area contributed by atoms with Crippen LogP contribution in [-0.4, -0.2) is 51.4 Å². The van der Waals surface area contributed by atoms with Gasteiger partial charge >= 0.3 is 6.18 Å². The molecule has 0 radical (unpaired) electrons. The average Bonchev–Trinajstić information content (AvgIpc) is 3.40. The first-order valence-corrected chi connectivity index (χ1v) is 11.6. The van der Waals surface area contributed by atoms with Crippen LogP contribution >= 0.6 is 23.1 Å². The quantitative estimate of drug-likeness (QED) is 0.349. The Balaban J connectivity index is 1.49. The molecule has 4 rings (SSSR count). The van der Waals surface area contributed by atoms with E-state index in [-0.39, 0.29) is 13.0 Å². The molecule has 0 amide bonds. The number of benzene rings is 1. The predicted molar refractivity (Wildman–Crippen MR) is 117 cm³/mol. The molecule has 13 heteroatoms. The molecule has 1 aliphatic rings. The van der Waals surface area contributed by atoms with Gasteiger partial charge < -0.3 is 10.2 Å². The monoisotopic (exact) mass is 498 g/mol.